The van der Waals surface area contributed by atoms with Crippen LogP contribution in [0.15, 0.2) is 0 Å². The van der Waals surface area contributed by atoms with Crippen molar-refractivity contribution in [1.29, 1.82) is 0 Å². The smallest absolute Gasteiger partial charge is 0.223 e. The first-order valence-corrected chi connectivity index (χ1v) is 6.86. The maximum absolute atomic E-state index is 11.9. The van der Waals surface area contributed by atoms with Crippen LogP contribution in [-0.2, 0) is 14.3 Å². The molecular formula is C13H25NO4. The number of nitrogens with one attached hydrogen (secondary N) is 1. The Hall–Kier alpha value is -0.650. The minimum atomic E-state index is -0.363. The van der Waals surface area contributed by atoms with Crippen LogP contribution in [0, 0.1) is 5.92 Å². The van der Waals surface area contributed by atoms with Crippen LogP contribution in [0.1, 0.15) is 39.5 Å². The van der Waals surface area contributed by atoms with Crippen LogP contribution in [0.2, 0.25) is 0 Å². The van der Waals surface area contributed by atoms with Gasteiger partial charge in [0.1, 0.15) is 0 Å². The molecule has 1 saturated carbocycles. The molecule has 0 unspecified atom stereocenters. The average Bonchev–Trinajstić information content (AvgIpc) is 2.37. The molecule has 1 fully saturated rings. The maximum atomic E-state index is 11.9. The highest BCUT2D eigenvalue weighted by molar-refractivity contribution is 5.78. The molecule has 5 heteroatoms. The van der Waals surface area contributed by atoms with E-state index in [9.17, 15) is 9.90 Å². The lowest BCUT2D eigenvalue weighted by atomic mass is 9.87. The fourth-order valence-electron chi connectivity index (χ4n) is 2.20. The molecule has 1 rings (SSSR count). The second-order valence-electron chi connectivity index (χ2n) is 4.59. The zero-order valence-electron chi connectivity index (χ0n) is 11.4. The van der Waals surface area contributed by atoms with Gasteiger partial charge in [-0.15, -0.1) is 0 Å². The van der Waals surface area contributed by atoms with Gasteiger partial charge in [-0.3, -0.25) is 4.79 Å². The summed E-state index contributed by atoms with van der Waals surface area (Å²) in [5, 5.41) is 12.3. The van der Waals surface area contributed by atoms with E-state index in [4.69, 9.17) is 9.47 Å². The first-order chi connectivity index (χ1) is 8.67. The summed E-state index contributed by atoms with van der Waals surface area (Å²) in [6.07, 6.45) is 2.38. The summed E-state index contributed by atoms with van der Waals surface area (Å²) in [7, 11) is 0. The van der Waals surface area contributed by atoms with Crippen molar-refractivity contribution in [2.45, 2.75) is 51.9 Å². The molecule has 0 bridgehead atoms. The first-order valence-electron chi connectivity index (χ1n) is 6.86. The zero-order valence-corrected chi connectivity index (χ0v) is 11.4. The highest BCUT2D eigenvalue weighted by Crippen LogP contribution is 2.24. The van der Waals surface area contributed by atoms with Crippen molar-refractivity contribution in [1.82, 2.24) is 5.32 Å². The van der Waals surface area contributed by atoms with Gasteiger partial charge in [0.2, 0.25) is 5.91 Å². The molecule has 5 nitrogen and oxygen atoms in total. The summed E-state index contributed by atoms with van der Waals surface area (Å²) in [5.41, 5.74) is 0. The van der Waals surface area contributed by atoms with Crippen LogP contribution in [0.4, 0.5) is 0 Å². The number of carbonyl (C=O) groups excluding carboxylic acids is 1. The molecule has 0 spiro atoms. The van der Waals surface area contributed by atoms with E-state index in [1.54, 1.807) is 0 Å². The highest BCUT2D eigenvalue weighted by atomic mass is 16.7. The minimum absolute atomic E-state index is 0.0253. The molecular weight excluding hydrogens is 234 g/mol. The van der Waals surface area contributed by atoms with Crippen LogP contribution in [0.25, 0.3) is 0 Å². The molecule has 0 heterocycles. The Morgan fingerprint density at radius 3 is 2.28 bits per heavy atom. The lowest BCUT2D eigenvalue weighted by Crippen LogP contribution is -2.40. The first kappa shape index (κ1) is 15.4. The van der Waals surface area contributed by atoms with Crippen LogP contribution in [-0.4, -0.2) is 43.2 Å². The quantitative estimate of drug-likeness (QED) is 0.671. The van der Waals surface area contributed by atoms with E-state index in [0.29, 0.717) is 19.8 Å². The van der Waals surface area contributed by atoms with Crippen molar-refractivity contribution >= 4 is 5.91 Å². The standard InChI is InChI=1S/C13H25NO4/c1-3-17-12(18-4-2)9-14-13(16)10-5-7-11(15)8-6-10/h10-12,15H,3-9H2,1-2H3,(H,14,16). The van der Waals surface area contributed by atoms with Crippen molar-refractivity contribution in [3.63, 3.8) is 0 Å². The maximum Gasteiger partial charge on any atom is 0.223 e. The second kappa shape index (κ2) is 8.45. The topological polar surface area (TPSA) is 67.8 Å². The van der Waals surface area contributed by atoms with Gasteiger partial charge >= 0.3 is 0 Å². The predicted molar refractivity (Wildman–Crippen MR) is 68.0 cm³/mol. The number of rotatable bonds is 7. The van der Waals surface area contributed by atoms with Gasteiger partial charge in [-0.2, -0.15) is 0 Å². The SMILES string of the molecule is CCOC(CNC(=O)C1CCC(O)CC1)OCC. The molecule has 1 aliphatic rings. The normalized spacial score (nSPS) is 24.2. The van der Waals surface area contributed by atoms with Crippen LogP contribution in [0.3, 0.4) is 0 Å². The molecule has 2 N–H and O–H groups in total. The Morgan fingerprint density at radius 1 is 1.22 bits per heavy atom. The minimum Gasteiger partial charge on any atom is -0.393 e. The van der Waals surface area contributed by atoms with Crippen molar-refractivity contribution in [3.05, 3.63) is 0 Å². The Morgan fingerprint density at radius 2 is 1.78 bits per heavy atom. The van der Waals surface area contributed by atoms with Gasteiger partial charge in [-0.05, 0) is 39.5 Å². The van der Waals surface area contributed by atoms with Gasteiger partial charge in [0, 0.05) is 19.1 Å². The van der Waals surface area contributed by atoms with Crippen molar-refractivity contribution in [2.24, 2.45) is 5.92 Å². The van der Waals surface area contributed by atoms with Gasteiger partial charge in [0.05, 0.1) is 12.6 Å². The molecule has 0 aromatic heterocycles. The summed E-state index contributed by atoms with van der Waals surface area (Å²) in [4.78, 5) is 11.9. The summed E-state index contributed by atoms with van der Waals surface area (Å²) < 4.78 is 10.7. The Kier molecular flexibility index (Phi) is 7.23. The Balaban J connectivity index is 2.26. The fourth-order valence-corrected chi connectivity index (χ4v) is 2.20. The van der Waals surface area contributed by atoms with E-state index in [1.807, 2.05) is 13.8 Å². The molecule has 0 saturated heterocycles. The molecule has 0 aromatic carbocycles. The second-order valence-corrected chi connectivity index (χ2v) is 4.59. The fraction of sp³-hybridized carbons (Fsp3) is 0.923. The number of hydrogen-bond donors (Lipinski definition) is 2. The third-order valence-corrected chi connectivity index (χ3v) is 3.22. The predicted octanol–water partition coefficient (Wildman–Crippen LogP) is 1.05. The van der Waals surface area contributed by atoms with E-state index < -0.39 is 0 Å². The van der Waals surface area contributed by atoms with E-state index in [2.05, 4.69) is 5.32 Å². The number of amides is 1. The summed E-state index contributed by atoms with van der Waals surface area (Å²) in [5.74, 6) is 0.0728. The molecule has 0 atom stereocenters. The van der Waals surface area contributed by atoms with E-state index in [0.717, 1.165) is 25.7 Å². The van der Waals surface area contributed by atoms with Gasteiger partial charge in [-0.1, -0.05) is 0 Å². The van der Waals surface area contributed by atoms with Gasteiger partial charge in [0.15, 0.2) is 6.29 Å². The van der Waals surface area contributed by atoms with Crippen LogP contribution < -0.4 is 5.32 Å². The number of ether oxygens (including phenoxy) is 2. The van der Waals surface area contributed by atoms with Gasteiger partial charge in [-0.25, -0.2) is 0 Å². The molecule has 0 radical (unpaired) electrons. The van der Waals surface area contributed by atoms with E-state index in [-0.39, 0.29) is 24.2 Å². The molecule has 0 aromatic rings. The van der Waals surface area contributed by atoms with E-state index in [1.165, 1.54) is 0 Å². The average molecular weight is 259 g/mol. The number of carbonyl (C=O) groups is 1. The number of aliphatic hydroxyl groups excluding tert-OH is 1. The Bertz CT molecular complexity index is 233. The summed E-state index contributed by atoms with van der Waals surface area (Å²) in [6, 6.07) is 0. The van der Waals surface area contributed by atoms with Crippen molar-refractivity contribution in [3.8, 4) is 0 Å². The number of aliphatic hydroxyl groups is 1. The molecule has 106 valence electrons. The van der Waals surface area contributed by atoms with Gasteiger partial charge < -0.3 is 19.9 Å². The molecule has 0 aliphatic heterocycles. The van der Waals surface area contributed by atoms with Crippen molar-refractivity contribution < 1.29 is 19.4 Å². The third kappa shape index (κ3) is 5.33. The Labute approximate surface area is 109 Å². The van der Waals surface area contributed by atoms with Crippen LogP contribution in [0.5, 0.6) is 0 Å². The third-order valence-electron chi connectivity index (χ3n) is 3.22. The summed E-state index contributed by atoms with van der Waals surface area (Å²) in [6.45, 7) is 5.32. The largest absolute Gasteiger partial charge is 0.393 e. The lowest BCUT2D eigenvalue weighted by molar-refractivity contribution is -0.142. The van der Waals surface area contributed by atoms with Crippen LogP contribution >= 0.6 is 0 Å². The molecule has 18 heavy (non-hydrogen) atoms. The van der Waals surface area contributed by atoms with Crippen molar-refractivity contribution in [2.75, 3.05) is 19.8 Å². The van der Waals surface area contributed by atoms with Gasteiger partial charge in [0.25, 0.3) is 0 Å². The lowest BCUT2D eigenvalue weighted by Gasteiger charge is -2.25. The number of hydrogen-bond acceptors (Lipinski definition) is 4. The zero-order chi connectivity index (χ0) is 13.4. The highest BCUT2D eigenvalue weighted by Gasteiger charge is 2.25. The van der Waals surface area contributed by atoms with E-state index >= 15 is 0 Å². The summed E-state index contributed by atoms with van der Waals surface area (Å²) >= 11 is 0. The monoisotopic (exact) mass is 259 g/mol. The molecule has 1 amide bonds. The molecule has 1 aliphatic carbocycles.